The molecule has 0 aliphatic rings. The molecule has 0 aliphatic heterocycles. The Kier molecular flexibility index (Phi) is 4.88. The van der Waals surface area contributed by atoms with E-state index in [1.807, 2.05) is 24.3 Å². The number of nitrogens with zero attached hydrogens (tertiary/aromatic N) is 1. The van der Waals surface area contributed by atoms with Gasteiger partial charge >= 0.3 is 0 Å². The highest BCUT2D eigenvalue weighted by molar-refractivity contribution is 7.99. The van der Waals surface area contributed by atoms with E-state index in [4.69, 9.17) is 9.15 Å². The Morgan fingerprint density at radius 1 is 1.29 bits per heavy atom. The maximum Gasteiger partial charge on any atom is 0.256 e. The molecule has 17 heavy (non-hydrogen) atoms. The van der Waals surface area contributed by atoms with Gasteiger partial charge in [0.2, 0.25) is 0 Å². The van der Waals surface area contributed by atoms with Gasteiger partial charge in [-0.2, -0.15) is 0 Å². The summed E-state index contributed by atoms with van der Waals surface area (Å²) in [6.45, 7) is 3.77. The minimum atomic E-state index is 0.727. The van der Waals surface area contributed by atoms with Gasteiger partial charge in [-0.25, -0.2) is 4.98 Å². The van der Waals surface area contributed by atoms with Crippen LogP contribution in [0.25, 0.3) is 11.1 Å². The first kappa shape index (κ1) is 12.5. The molecule has 1 aromatic heterocycles. The average molecular weight is 251 g/mol. The Labute approximate surface area is 106 Å². The number of benzene rings is 1. The molecule has 0 aliphatic carbocycles. The zero-order valence-corrected chi connectivity index (χ0v) is 10.8. The number of hydrogen-bond acceptors (Lipinski definition) is 4. The fourth-order valence-electron chi connectivity index (χ4n) is 1.45. The van der Waals surface area contributed by atoms with E-state index < -0.39 is 0 Å². The van der Waals surface area contributed by atoms with Crippen molar-refractivity contribution in [3.63, 3.8) is 0 Å². The predicted octanol–water partition coefficient (Wildman–Crippen LogP) is 3.74. The molecule has 92 valence electrons. The standard InChI is InChI=1S/C13H17NO2S/c1-2-3-8-15-9-10-17-13-14-11-6-4-5-7-12(11)16-13/h4-7H,2-3,8-10H2,1H3. The quantitative estimate of drug-likeness (QED) is 0.554. The lowest BCUT2D eigenvalue weighted by Gasteiger charge is -2.00. The van der Waals surface area contributed by atoms with Crippen LogP contribution in [-0.2, 0) is 4.74 Å². The number of rotatable bonds is 7. The fraction of sp³-hybridized carbons (Fsp3) is 0.462. The van der Waals surface area contributed by atoms with Crippen molar-refractivity contribution in [2.75, 3.05) is 19.0 Å². The third-order valence-corrected chi connectivity index (χ3v) is 3.16. The molecule has 0 saturated heterocycles. The Bertz CT molecular complexity index is 422. The number of hydrogen-bond donors (Lipinski definition) is 0. The second kappa shape index (κ2) is 6.67. The molecule has 0 atom stereocenters. The zero-order chi connectivity index (χ0) is 11.9. The fourth-order valence-corrected chi connectivity index (χ4v) is 2.14. The molecule has 1 aromatic carbocycles. The number of para-hydroxylation sites is 2. The average Bonchev–Trinajstić information content (AvgIpc) is 2.76. The van der Waals surface area contributed by atoms with Crippen LogP contribution in [0.2, 0.25) is 0 Å². The van der Waals surface area contributed by atoms with Crippen molar-refractivity contribution in [2.45, 2.75) is 25.0 Å². The molecule has 0 bridgehead atoms. The number of oxazole rings is 1. The summed E-state index contributed by atoms with van der Waals surface area (Å²) in [6.07, 6.45) is 2.31. The van der Waals surface area contributed by atoms with Crippen molar-refractivity contribution in [3.05, 3.63) is 24.3 Å². The Balaban J connectivity index is 1.75. The summed E-state index contributed by atoms with van der Waals surface area (Å²) in [5.74, 6) is 0.885. The molecule has 0 amide bonds. The first-order valence-electron chi connectivity index (χ1n) is 5.96. The molecule has 4 heteroatoms. The summed E-state index contributed by atoms with van der Waals surface area (Å²) in [5.41, 5.74) is 1.77. The van der Waals surface area contributed by atoms with Gasteiger partial charge in [-0.1, -0.05) is 37.2 Å². The van der Waals surface area contributed by atoms with E-state index in [9.17, 15) is 0 Å². The SMILES string of the molecule is CCCCOCCSc1nc2ccccc2o1. The van der Waals surface area contributed by atoms with Crippen molar-refractivity contribution < 1.29 is 9.15 Å². The van der Waals surface area contributed by atoms with Crippen molar-refractivity contribution in [1.29, 1.82) is 0 Å². The normalized spacial score (nSPS) is 11.1. The van der Waals surface area contributed by atoms with Crippen LogP contribution in [0, 0.1) is 0 Å². The van der Waals surface area contributed by atoms with Crippen LogP contribution in [0.3, 0.4) is 0 Å². The van der Waals surface area contributed by atoms with Crippen LogP contribution < -0.4 is 0 Å². The molecule has 0 spiro atoms. The lowest BCUT2D eigenvalue weighted by atomic mass is 10.3. The van der Waals surface area contributed by atoms with Crippen LogP contribution in [0.5, 0.6) is 0 Å². The number of ether oxygens (including phenoxy) is 1. The minimum absolute atomic E-state index is 0.727. The number of unbranched alkanes of at least 4 members (excludes halogenated alkanes) is 1. The Morgan fingerprint density at radius 3 is 3.00 bits per heavy atom. The molecule has 0 N–H and O–H groups in total. The van der Waals surface area contributed by atoms with E-state index in [-0.39, 0.29) is 0 Å². The number of aromatic nitrogens is 1. The highest BCUT2D eigenvalue weighted by Gasteiger charge is 2.04. The summed E-state index contributed by atoms with van der Waals surface area (Å²) >= 11 is 1.60. The van der Waals surface area contributed by atoms with Gasteiger partial charge < -0.3 is 9.15 Å². The first-order valence-corrected chi connectivity index (χ1v) is 6.95. The molecule has 0 radical (unpaired) electrons. The maximum absolute atomic E-state index is 5.59. The van der Waals surface area contributed by atoms with Gasteiger partial charge in [-0.3, -0.25) is 0 Å². The predicted molar refractivity (Wildman–Crippen MR) is 70.5 cm³/mol. The van der Waals surface area contributed by atoms with E-state index in [0.29, 0.717) is 0 Å². The van der Waals surface area contributed by atoms with Gasteiger partial charge in [0, 0.05) is 12.4 Å². The minimum Gasteiger partial charge on any atom is -0.431 e. The second-order valence-electron chi connectivity index (χ2n) is 3.76. The maximum atomic E-state index is 5.59. The molecule has 0 saturated carbocycles. The van der Waals surface area contributed by atoms with E-state index in [1.165, 1.54) is 6.42 Å². The summed E-state index contributed by atoms with van der Waals surface area (Å²) in [4.78, 5) is 4.39. The molecular formula is C13H17NO2S. The molecule has 0 unspecified atom stereocenters. The lowest BCUT2D eigenvalue weighted by molar-refractivity contribution is 0.147. The van der Waals surface area contributed by atoms with Crippen molar-refractivity contribution in [2.24, 2.45) is 0 Å². The molecule has 1 heterocycles. The second-order valence-corrected chi connectivity index (χ2v) is 4.81. The van der Waals surface area contributed by atoms with Crippen molar-refractivity contribution >= 4 is 22.9 Å². The van der Waals surface area contributed by atoms with Gasteiger partial charge in [0.25, 0.3) is 5.22 Å². The van der Waals surface area contributed by atoms with E-state index in [0.717, 1.165) is 41.7 Å². The van der Waals surface area contributed by atoms with Crippen LogP contribution in [0.4, 0.5) is 0 Å². The number of thioether (sulfide) groups is 1. The van der Waals surface area contributed by atoms with Gasteiger partial charge in [0.1, 0.15) is 5.52 Å². The van der Waals surface area contributed by atoms with Crippen LogP contribution in [-0.4, -0.2) is 24.0 Å². The highest BCUT2D eigenvalue weighted by Crippen LogP contribution is 2.22. The Hall–Kier alpha value is -1.00. The van der Waals surface area contributed by atoms with Gasteiger partial charge in [0.05, 0.1) is 6.61 Å². The lowest BCUT2D eigenvalue weighted by Crippen LogP contribution is -1.98. The largest absolute Gasteiger partial charge is 0.431 e. The van der Waals surface area contributed by atoms with E-state index in [1.54, 1.807) is 11.8 Å². The molecular weight excluding hydrogens is 234 g/mol. The van der Waals surface area contributed by atoms with Gasteiger partial charge in [0.15, 0.2) is 5.58 Å². The Morgan fingerprint density at radius 2 is 2.18 bits per heavy atom. The monoisotopic (exact) mass is 251 g/mol. The first-order chi connectivity index (χ1) is 8.40. The molecule has 0 fully saturated rings. The van der Waals surface area contributed by atoms with Gasteiger partial charge in [-0.15, -0.1) is 0 Å². The van der Waals surface area contributed by atoms with Crippen LogP contribution in [0.15, 0.2) is 33.9 Å². The van der Waals surface area contributed by atoms with Crippen LogP contribution >= 0.6 is 11.8 Å². The summed E-state index contributed by atoms with van der Waals surface area (Å²) in [5, 5.41) is 0.727. The number of fused-ring (bicyclic) bond motifs is 1. The van der Waals surface area contributed by atoms with Crippen LogP contribution in [0.1, 0.15) is 19.8 Å². The molecule has 2 aromatic rings. The topological polar surface area (TPSA) is 35.3 Å². The third kappa shape index (κ3) is 3.75. The molecule has 2 rings (SSSR count). The summed E-state index contributed by atoms with van der Waals surface area (Å²) in [7, 11) is 0. The summed E-state index contributed by atoms with van der Waals surface area (Å²) < 4.78 is 11.1. The summed E-state index contributed by atoms with van der Waals surface area (Å²) in [6, 6.07) is 7.81. The smallest absolute Gasteiger partial charge is 0.256 e. The highest BCUT2D eigenvalue weighted by atomic mass is 32.2. The van der Waals surface area contributed by atoms with Crippen molar-refractivity contribution in [1.82, 2.24) is 4.98 Å². The zero-order valence-electron chi connectivity index (χ0n) is 10.0. The van der Waals surface area contributed by atoms with Crippen molar-refractivity contribution in [3.8, 4) is 0 Å². The molecule has 3 nitrogen and oxygen atoms in total. The van der Waals surface area contributed by atoms with Gasteiger partial charge in [-0.05, 0) is 18.6 Å². The third-order valence-electron chi connectivity index (χ3n) is 2.37. The van der Waals surface area contributed by atoms with E-state index >= 15 is 0 Å². The van der Waals surface area contributed by atoms with E-state index in [2.05, 4.69) is 11.9 Å².